The summed E-state index contributed by atoms with van der Waals surface area (Å²) >= 11 is 0. The van der Waals surface area contributed by atoms with Gasteiger partial charge in [0.05, 0.1) is 24.4 Å². The average molecular weight is 431 g/mol. The fraction of sp³-hybridized carbons (Fsp3) is 0.120. The molecule has 7 heteroatoms. The molecule has 162 valence electrons. The average Bonchev–Trinajstić information content (AvgIpc) is 2.80. The summed E-state index contributed by atoms with van der Waals surface area (Å²) in [6.45, 7) is 1.72. The van der Waals surface area contributed by atoms with Crippen molar-refractivity contribution in [1.82, 2.24) is 5.32 Å². The second-order valence-electron chi connectivity index (χ2n) is 7.29. The van der Waals surface area contributed by atoms with E-state index in [0.29, 0.717) is 34.0 Å². The van der Waals surface area contributed by atoms with E-state index in [1.54, 1.807) is 62.6 Å². The van der Waals surface area contributed by atoms with Gasteiger partial charge >= 0.3 is 6.03 Å². The maximum absolute atomic E-state index is 13.5. The Kier molecular flexibility index (Phi) is 5.89. The molecular weight excluding hydrogens is 409 g/mol. The second kappa shape index (κ2) is 8.93. The molecule has 2 N–H and O–H groups in total. The quantitative estimate of drug-likeness (QED) is 0.596. The van der Waals surface area contributed by atoms with Crippen molar-refractivity contribution < 1.29 is 18.7 Å². The first-order valence-corrected chi connectivity index (χ1v) is 10.0. The van der Waals surface area contributed by atoms with Gasteiger partial charge in [-0.05, 0) is 61.0 Å². The number of para-hydroxylation sites is 1. The van der Waals surface area contributed by atoms with Crippen LogP contribution in [-0.2, 0) is 4.79 Å². The molecule has 0 aromatic heterocycles. The van der Waals surface area contributed by atoms with Crippen LogP contribution in [0.2, 0.25) is 0 Å². The van der Waals surface area contributed by atoms with Crippen LogP contribution in [0.25, 0.3) is 0 Å². The lowest BCUT2D eigenvalue weighted by molar-refractivity contribution is -0.113. The van der Waals surface area contributed by atoms with Crippen LogP contribution in [0.1, 0.15) is 18.5 Å². The molecule has 1 heterocycles. The van der Waals surface area contributed by atoms with Crippen LogP contribution in [0.5, 0.6) is 5.75 Å². The molecule has 4 rings (SSSR count). The molecule has 0 bridgehead atoms. The van der Waals surface area contributed by atoms with Crippen molar-refractivity contribution in [2.75, 3.05) is 17.3 Å². The molecule has 3 aromatic rings. The number of anilines is 2. The zero-order valence-corrected chi connectivity index (χ0v) is 17.6. The van der Waals surface area contributed by atoms with Gasteiger partial charge in [-0.15, -0.1) is 0 Å². The molecular formula is C25H22FN3O3. The van der Waals surface area contributed by atoms with Gasteiger partial charge in [-0.25, -0.2) is 9.18 Å². The van der Waals surface area contributed by atoms with Crippen LogP contribution < -0.4 is 20.3 Å². The highest BCUT2D eigenvalue weighted by molar-refractivity contribution is 6.09. The Bertz CT molecular complexity index is 1160. The lowest BCUT2D eigenvalue weighted by Gasteiger charge is -2.35. The van der Waals surface area contributed by atoms with Crippen LogP contribution in [0, 0.1) is 5.82 Å². The van der Waals surface area contributed by atoms with Crippen LogP contribution in [0.4, 0.5) is 20.6 Å². The van der Waals surface area contributed by atoms with Gasteiger partial charge in [0.25, 0.3) is 5.91 Å². The van der Waals surface area contributed by atoms with Crippen molar-refractivity contribution in [1.29, 1.82) is 0 Å². The molecule has 0 saturated carbocycles. The van der Waals surface area contributed by atoms with Gasteiger partial charge in [-0.3, -0.25) is 9.69 Å². The third-order valence-electron chi connectivity index (χ3n) is 5.30. The molecule has 0 fully saturated rings. The minimum Gasteiger partial charge on any atom is -0.497 e. The van der Waals surface area contributed by atoms with Crippen LogP contribution in [0.3, 0.4) is 0 Å². The number of urea groups is 1. The number of hydrogen-bond acceptors (Lipinski definition) is 3. The molecule has 3 aromatic carbocycles. The number of rotatable bonds is 5. The topological polar surface area (TPSA) is 70.7 Å². The van der Waals surface area contributed by atoms with Crippen LogP contribution >= 0.6 is 0 Å². The Balaban J connectivity index is 1.79. The Labute approximate surface area is 185 Å². The third kappa shape index (κ3) is 4.18. The summed E-state index contributed by atoms with van der Waals surface area (Å²) < 4.78 is 18.7. The van der Waals surface area contributed by atoms with Gasteiger partial charge < -0.3 is 15.4 Å². The van der Waals surface area contributed by atoms with E-state index in [2.05, 4.69) is 10.6 Å². The van der Waals surface area contributed by atoms with E-state index >= 15 is 0 Å². The van der Waals surface area contributed by atoms with Crippen molar-refractivity contribution in [3.63, 3.8) is 0 Å². The van der Waals surface area contributed by atoms with Crippen molar-refractivity contribution >= 4 is 23.3 Å². The van der Waals surface area contributed by atoms with E-state index in [1.165, 1.54) is 17.0 Å². The van der Waals surface area contributed by atoms with Crippen molar-refractivity contribution in [2.45, 2.75) is 13.0 Å². The number of benzene rings is 3. The number of amides is 3. The third-order valence-corrected chi connectivity index (χ3v) is 5.30. The molecule has 0 radical (unpaired) electrons. The first kappa shape index (κ1) is 21.1. The van der Waals surface area contributed by atoms with E-state index in [0.717, 1.165) is 0 Å². The maximum atomic E-state index is 13.5. The number of ether oxygens (including phenoxy) is 1. The fourth-order valence-corrected chi connectivity index (χ4v) is 3.70. The first-order valence-electron chi connectivity index (χ1n) is 10.0. The summed E-state index contributed by atoms with van der Waals surface area (Å²) in [5.41, 5.74) is 2.65. The molecule has 0 saturated heterocycles. The van der Waals surface area contributed by atoms with E-state index in [-0.39, 0.29) is 5.91 Å². The van der Waals surface area contributed by atoms with Crippen molar-refractivity contribution in [3.8, 4) is 5.75 Å². The molecule has 0 unspecified atom stereocenters. The summed E-state index contributed by atoms with van der Waals surface area (Å²) in [4.78, 5) is 27.9. The Morgan fingerprint density at radius 2 is 1.66 bits per heavy atom. The highest BCUT2D eigenvalue weighted by Gasteiger charge is 2.36. The van der Waals surface area contributed by atoms with Crippen molar-refractivity contribution in [3.05, 3.63) is 102 Å². The van der Waals surface area contributed by atoms with Gasteiger partial charge in [0.1, 0.15) is 11.6 Å². The SMILES string of the molecule is COc1ccc(N2C(=O)N[C@H](c3ccc(F)cc3)C(C(=O)Nc3ccccc3)=C2C)cc1. The van der Waals surface area contributed by atoms with Gasteiger partial charge in [0, 0.05) is 11.4 Å². The number of hydrogen-bond donors (Lipinski definition) is 2. The number of methoxy groups -OCH3 is 1. The molecule has 1 atom stereocenters. The summed E-state index contributed by atoms with van der Waals surface area (Å²) in [6.07, 6.45) is 0. The predicted molar refractivity (Wildman–Crippen MR) is 121 cm³/mol. The largest absolute Gasteiger partial charge is 0.497 e. The highest BCUT2D eigenvalue weighted by atomic mass is 19.1. The summed E-state index contributed by atoms with van der Waals surface area (Å²) in [6, 6.07) is 20.6. The van der Waals surface area contributed by atoms with Gasteiger partial charge in [-0.1, -0.05) is 30.3 Å². The number of nitrogens with zero attached hydrogens (tertiary/aromatic N) is 1. The second-order valence-corrected chi connectivity index (χ2v) is 7.29. The Morgan fingerprint density at radius 3 is 2.28 bits per heavy atom. The minimum atomic E-state index is -0.735. The first-order chi connectivity index (χ1) is 15.5. The molecule has 32 heavy (non-hydrogen) atoms. The zero-order chi connectivity index (χ0) is 22.7. The van der Waals surface area contributed by atoms with Crippen molar-refractivity contribution in [2.24, 2.45) is 0 Å². The standard InChI is InChI=1S/C25H22FN3O3/c1-16-22(24(30)27-19-6-4-3-5-7-19)23(17-8-10-18(26)11-9-17)28-25(31)29(16)20-12-14-21(32-2)15-13-20/h3-15,23H,1-2H3,(H,27,30)(H,28,31)/t23-/m1/s1. The molecule has 0 aliphatic carbocycles. The lowest BCUT2D eigenvalue weighted by Crippen LogP contribution is -2.48. The fourth-order valence-electron chi connectivity index (χ4n) is 3.70. The van der Waals surface area contributed by atoms with E-state index in [9.17, 15) is 14.0 Å². The predicted octanol–water partition coefficient (Wildman–Crippen LogP) is 5.02. The van der Waals surface area contributed by atoms with Gasteiger partial charge in [0.2, 0.25) is 0 Å². The Morgan fingerprint density at radius 1 is 1.00 bits per heavy atom. The summed E-state index contributed by atoms with van der Waals surface area (Å²) in [7, 11) is 1.56. The van der Waals surface area contributed by atoms with Crippen LogP contribution in [-0.4, -0.2) is 19.0 Å². The highest BCUT2D eigenvalue weighted by Crippen LogP contribution is 2.34. The van der Waals surface area contributed by atoms with E-state index in [1.807, 2.05) is 18.2 Å². The number of carbonyl (C=O) groups is 2. The Hall–Kier alpha value is -4.13. The molecule has 0 spiro atoms. The molecule has 1 aliphatic heterocycles. The van der Waals surface area contributed by atoms with Crippen LogP contribution in [0.15, 0.2) is 90.1 Å². The number of allylic oxidation sites excluding steroid dienone is 1. The number of nitrogens with one attached hydrogen (secondary N) is 2. The summed E-state index contributed by atoms with van der Waals surface area (Å²) in [5.74, 6) is -0.104. The molecule has 6 nitrogen and oxygen atoms in total. The van der Waals surface area contributed by atoms with Gasteiger partial charge in [0.15, 0.2) is 0 Å². The zero-order valence-electron chi connectivity index (χ0n) is 17.6. The smallest absolute Gasteiger partial charge is 0.326 e. The maximum Gasteiger partial charge on any atom is 0.326 e. The number of carbonyl (C=O) groups excluding carboxylic acids is 2. The monoisotopic (exact) mass is 431 g/mol. The van der Waals surface area contributed by atoms with Gasteiger partial charge in [-0.2, -0.15) is 0 Å². The number of halogens is 1. The summed E-state index contributed by atoms with van der Waals surface area (Å²) in [5, 5.41) is 5.78. The minimum absolute atomic E-state index is 0.357. The molecule has 3 amide bonds. The van der Waals surface area contributed by atoms with E-state index in [4.69, 9.17) is 4.74 Å². The lowest BCUT2D eigenvalue weighted by atomic mass is 9.93. The normalized spacial score (nSPS) is 15.9. The van der Waals surface area contributed by atoms with E-state index < -0.39 is 17.9 Å². The molecule has 1 aliphatic rings.